The summed E-state index contributed by atoms with van der Waals surface area (Å²) in [6.45, 7) is 0.620. The van der Waals surface area contributed by atoms with Gasteiger partial charge in [0.1, 0.15) is 6.04 Å². The van der Waals surface area contributed by atoms with Crippen LogP contribution in [0.1, 0.15) is 12.0 Å². The van der Waals surface area contributed by atoms with Crippen molar-refractivity contribution in [3.63, 3.8) is 0 Å². The Morgan fingerprint density at radius 3 is 2.63 bits per heavy atom. The molecule has 2 atom stereocenters. The fourth-order valence-electron chi connectivity index (χ4n) is 2.94. The van der Waals surface area contributed by atoms with Crippen molar-refractivity contribution in [3.8, 4) is 0 Å². The second kappa shape index (κ2) is 4.35. The molecule has 2 aliphatic heterocycles. The predicted molar refractivity (Wildman–Crippen MR) is 71.6 cm³/mol. The summed E-state index contributed by atoms with van der Waals surface area (Å²) in [7, 11) is 1.54. The smallest absolute Gasteiger partial charge is 0.252 e. The minimum absolute atomic E-state index is 0.00343. The third-order valence-electron chi connectivity index (χ3n) is 3.95. The fourth-order valence-corrected chi connectivity index (χ4v) is 2.94. The van der Waals surface area contributed by atoms with E-state index in [0.29, 0.717) is 6.54 Å². The first-order valence-electron chi connectivity index (χ1n) is 6.48. The highest BCUT2D eigenvalue weighted by molar-refractivity contribution is 6.06. The van der Waals surface area contributed by atoms with Gasteiger partial charge in [0.15, 0.2) is 0 Å². The Hall–Kier alpha value is -1.88. The number of rotatable bonds is 1. The second-order valence-corrected chi connectivity index (χ2v) is 5.26. The predicted octanol–water partition coefficient (Wildman–Crippen LogP) is 0.134. The van der Waals surface area contributed by atoms with E-state index in [9.17, 15) is 9.59 Å². The molecule has 0 saturated carbocycles. The van der Waals surface area contributed by atoms with Gasteiger partial charge < -0.3 is 10.6 Å². The number of hydrogen-bond acceptors (Lipinski definition) is 4. The van der Waals surface area contributed by atoms with Crippen molar-refractivity contribution in [2.75, 3.05) is 18.5 Å². The Morgan fingerprint density at radius 1 is 1.21 bits per heavy atom. The maximum Gasteiger partial charge on any atom is 0.252 e. The maximum absolute atomic E-state index is 12.2. The molecule has 0 bridgehead atoms. The molecule has 1 aromatic rings. The molecule has 2 N–H and O–H groups in total. The molecule has 19 heavy (non-hydrogen) atoms. The molecule has 1 saturated heterocycles. The average molecular weight is 259 g/mol. The van der Waals surface area contributed by atoms with E-state index in [1.165, 1.54) is 4.90 Å². The first kappa shape index (κ1) is 12.2. The van der Waals surface area contributed by atoms with Crippen LogP contribution >= 0.6 is 0 Å². The normalized spacial score (nSPS) is 26.8. The van der Waals surface area contributed by atoms with Crippen molar-refractivity contribution in [1.29, 1.82) is 0 Å². The number of likely N-dealkylation sites (N-methyl/N-ethyl adjacent to an activating group) is 1. The Morgan fingerprint density at radius 2 is 1.95 bits per heavy atom. The minimum atomic E-state index is -0.398. The van der Waals surface area contributed by atoms with Crippen LogP contribution in [0.25, 0.3) is 0 Å². The van der Waals surface area contributed by atoms with Crippen LogP contribution in [-0.4, -0.2) is 42.4 Å². The topological polar surface area (TPSA) is 66.6 Å². The molecule has 5 heteroatoms. The van der Waals surface area contributed by atoms with Crippen molar-refractivity contribution >= 4 is 17.5 Å². The van der Waals surface area contributed by atoms with E-state index in [0.717, 1.165) is 17.7 Å². The lowest BCUT2D eigenvalue weighted by Crippen LogP contribution is -2.50. The Kier molecular flexibility index (Phi) is 2.78. The van der Waals surface area contributed by atoms with Gasteiger partial charge in [0.25, 0.3) is 5.91 Å². The van der Waals surface area contributed by atoms with E-state index in [1.54, 1.807) is 7.05 Å². The number of amides is 2. The van der Waals surface area contributed by atoms with E-state index in [-0.39, 0.29) is 24.3 Å². The van der Waals surface area contributed by atoms with Gasteiger partial charge in [0.05, 0.1) is 6.42 Å². The van der Waals surface area contributed by atoms with E-state index >= 15 is 0 Å². The molecule has 0 radical (unpaired) electrons. The number of nitrogens with zero attached hydrogens (tertiary/aromatic N) is 2. The van der Waals surface area contributed by atoms with Crippen molar-refractivity contribution in [1.82, 2.24) is 4.90 Å². The molecule has 2 unspecified atom stereocenters. The summed E-state index contributed by atoms with van der Waals surface area (Å²) in [4.78, 5) is 27.0. The number of imide groups is 1. The molecule has 0 aliphatic carbocycles. The molecule has 2 aliphatic rings. The zero-order valence-electron chi connectivity index (χ0n) is 10.9. The Labute approximate surface area is 112 Å². The molecule has 0 spiro atoms. The third kappa shape index (κ3) is 1.90. The van der Waals surface area contributed by atoms with Gasteiger partial charge in [-0.2, -0.15) is 0 Å². The molecule has 3 rings (SSSR count). The van der Waals surface area contributed by atoms with Crippen LogP contribution in [0, 0.1) is 0 Å². The van der Waals surface area contributed by atoms with Crippen LogP contribution in [0.5, 0.6) is 0 Å². The molecule has 2 amide bonds. The highest BCUT2D eigenvalue weighted by Crippen LogP contribution is 2.31. The van der Waals surface area contributed by atoms with Gasteiger partial charge in [0, 0.05) is 25.3 Å². The SMILES string of the molecule is CN1C(=O)CC(N2CC(N)Cc3ccccc32)C1=O. The van der Waals surface area contributed by atoms with Crippen molar-refractivity contribution in [3.05, 3.63) is 29.8 Å². The first-order valence-corrected chi connectivity index (χ1v) is 6.48. The number of carbonyl (C=O) groups excluding carboxylic acids is 2. The van der Waals surface area contributed by atoms with Crippen LogP contribution < -0.4 is 10.6 Å². The summed E-state index contributed by atoms with van der Waals surface area (Å²) in [5, 5.41) is 0. The van der Waals surface area contributed by atoms with Gasteiger partial charge in [0.2, 0.25) is 5.91 Å². The summed E-state index contributed by atoms with van der Waals surface area (Å²) in [6, 6.07) is 7.56. The van der Waals surface area contributed by atoms with Gasteiger partial charge in [-0.05, 0) is 18.1 Å². The van der Waals surface area contributed by atoms with Gasteiger partial charge in [-0.3, -0.25) is 14.5 Å². The van der Waals surface area contributed by atoms with E-state index in [4.69, 9.17) is 5.73 Å². The molecule has 0 aromatic heterocycles. The molecule has 100 valence electrons. The van der Waals surface area contributed by atoms with Crippen LogP contribution in [-0.2, 0) is 16.0 Å². The zero-order chi connectivity index (χ0) is 13.6. The Balaban J connectivity index is 1.98. The van der Waals surface area contributed by atoms with Crippen LogP contribution in [0.3, 0.4) is 0 Å². The van der Waals surface area contributed by atoms with Gasteiger partial charge >= 0.3 is 0 Å². The molecule has 1 aromatic carbocycles. The van der Waals surface area contributed by atoms with E-state index < -0.39 is 6.04 Å². The molecule has 1 fully saturated rings. The van der Waals surface area contributed by atoms with Crippen LogP contribution in [0.4, 0.5) is 5.69 Å². The van der Waals surface area contributed by atoms with Gasteiger partial charge in [-0.25, -0.2) is 0 Å². The summed E-state index contributed by atoms with van der Waals surface area (Å²) in [6.07, 6.45) is 1.06. The summed E-state index contributed by atoms with van der Waals surface area (Å²) in [5.41, 5.74) is 8.25. The zero-order valence-corrected chi connectivity index (χ0v) is 10.9. The van der Waals surface area contributed by atoms with Gasteiger partial charge in [-0.1, -0.05) is 18.2 Å². The van der Waals surface area contributed by atoms with Crippen molar-refractivity contribution in [2.45, 2.75) is 24.9 Å². The number of hydrogen-bond donors (Lipinski definition) is 1. The second-order valence-electron chi connectivity index (χ2n) is 5.26. The molecular formula is C14H17N3O2. The summed E-state index contributed by atoms with van der Waals surface area (Å²) in [5.74, 6) is -0.250. The van der Waals surface area contributed by atoms with E-state index in [2.05, 4.69) is 0 Å². The lowest BCUT2D eigenvalue weighted by atomic mass is 9.96. The minimum Gasteiger partial charge on any atom is -0.357 e. The number of benzene rings is 1. The van der Waals surface area contributed by atoms with Gasteiger partial charge in [-0.15, -0.1) is 0 Å². The number of fused-ring (bicyclic) bond motifs is 1. The Bertz CT molecular complexity index is 543. The number of anilines is 1. The van der Waals surface area contributed by atoms with Crippen molar-refractivity contribution in [2.24, 2.45) is 5.73 Å². The van der Waals surface area contributed by atoms with Crippen LogP contribution in [0.2, 0.25) is 0 Å². The lowest BCUT2D eigenvalue weighted by molar-refractivity contribution is -0.136. The van der Waals surface area contributed by atoms with Crippen molar-refractivity contribution < 1.29 is 9.59 Å². The standard InChI is InChI=1S/C14H17N3O2/c1-16-13(18)7-12(14(16)19)17-8-10(15)6-9-4-2-3-5-11(9)17/h2-5,10,12H,6-8,15H2,1H3. The lowest BCUT2D eigenvalue weighted by Gasteiger charge is -2.37. The van der Waals surface area contributed by atoms with E-state index in [1.807, 2.05) is 29.2 Å². The molecule has 2 heterocycles. The van der Waals surface area contributed by atoms with Crippen LogP contribution in [0.15, 0.2) is 24.3 Å². The number of nitrogens with two attached hydrogens (primary N) is 1. The quantitative estimate of drug-likeness (QED) is 0.728. The average Bonchev–Trinajstić information content (AvgIpc) is 2.65. The first-order chi connectivity index (χ1) is 9.08. The summed E-state index contributed by atoms with van der Waals surface area (Å²) >= 11 is 0. The highest BCUT2D eigenvalue weighted by Gasteiger charge is 2.41. The highest BCUT2D eigenvalue weighted by atomic mass is 16.2. The summed E-state index contributed by atoms with van der Waals surface area (Å²) < 4.78 is 0. The number of carbonyl (C=O) groups is 2. The monoisotopic (exact) mass is 259 g/mol. The molecular weight excluding hydrogens is 242 g/mol. The molecule has 5 nitrogen and oxygen atoms in total. The number of likely N-dealkylation sites (tertiary alicyclic amines) is 1. The third-order valence-corrected chi connectivity index (χ3v) is 3.95. The number of para-hydroxylation sites is 1. The maximum atomic E-state index is 12.2. The fraction of sp³-hybridized carbons (Fsp3) is 0.429. The largest absolute Gasteiger partial charge is 0.357 e.